The first-order valence-corrected chi connectivity index (χ1v) is 8.59. The number of piperidine rings is 1. The van der Waals surface area contributed by atoms with E-state index < -0.39 is 11.5 Å². The molecule has 0 amide bonds. The van der Waals surface area contributed by atoms with Crippen LogP contribution in [0.4, 0.5) is 0 Å². The van der Waals surface area contributed by atoms with Crippen LogP contribution in [0.5, 0.6) is 0 Å². The third-order valence-corrected chi connectivity index (χ3v) is 6.05. The van der Waals surface area contributed by atoms with Crippen LogP contribution in [-0.4, -0.2) is 34.0 Å². The SMILES string of the molecule is C[C@@]12c3[nH]c4ccc(Br)cc4c3CCN1CCC[C@H]2C(=O)O. The number of fused-ring (bicyclic) bond motifs is 5. The number of carboxylic acid groups (broad SMARTS) is 1. The molecule has 0 saturated carbocycles. The average Bonchev–Trinajstić information content (AvgIpc) is 2.85. The van der Waals surface area contributed by atoms with E-state index in [1.165, 1.54) is 10.9 Å². The lowest BCUT2D eigenvalue weighted by molar-refractivity contribution is -0.152. The van der Waals surface area contributed by atoms with Crippen LogP contribution in [-0.2, 0) is 16.8 Å². The zero-order valence-corrected chi connectivity index (χ0v) is 14.1. The quantitative estimate of drug-likeness (QED) is 0.816. The number of benzene rings is 1. The summed E-state index contributed by atoms with van der Waals surface area (Å²) in [5.74, 6) is -1.03. The van der Waals surface area contributed by atoms with E-state index in [2.05, 4.69) is 44.9 Å². The summed E-state index contributed by atoms with van der Waals surface area (Å²) in [6, 6.07) is 6.24. The molecule has 2 aliphatic heterocycles. The Kier molecular flexibility index (Phi) is 3.13. The van der Waals surface area contributed by atoms with Crippen molar-refractivity contribution < 1.29 is 9.90 Å². The summed E-state index contributed by atoms with van der Waals surface area (Å²) in [7, 11) is 0. The molecule has 22 heavy (non-hydrogen) atoms. The number of nitrogens with zero attached hydrogens (tertiary/aromatic N) is 1. The Morgan fingerprint density at radius 3 is 3.05 bits per heavy atom. The number of H-pyrrole nitrogens is 1. The van der Waals surface area contributed by atoms with Crippen LogP contribution in [0, 0.1) is 5.92 Å². The fourth-order valence-corrected chi connectivity index (χ4v) is 4.78. The maximum Gasteiger partial charge on any atom is 0.308 e. The molecule has 2 aliphatic rings. The molecule has 4 rings (SSSR count). The first-order valence-electron chi connectivity index (χ1n) is 7.80. The summed E-state index contributed by atoms with van der Waals surface area (Å²) in [6.07, 6.45) is 2.70. The van der Waals surface area contributed by atoms with Gasteiger partial charge in [-0.2, -0.15) is 0 Å². The molecule has 0 radical (unpaired) electrons. The lowest BCUT2D eigenvalue weighted by Gasteiger charge is -2.51. The van der Waals surface area contributed by atoms with Gasteiger partial charge in [0.25, 0.3) is 0 Å². The van der Waals surface area contributed by atoms with Crippen molar-refractivity contribution in [2.75, 3.05) is 13.1 Å². The highest BCUT2D eigenvalue weighted by Crippen LogP contribution is 2.47. The fourth-order valence-electron chi connectivity index (χ4n) is 4.42. The van der Waals surface area contributed by atoms with E-state index in [1.54, 1.807) is 0 Å². The molecule has 0 bridgehead atoms. The Hall–Kier alpha value is -1.33. The van der Waals surface area contributed by atoms with Crippen LogP contribution < -0.4 is 0 Å². The maximum atomic E-state index is 11.8. The van der Waals surface area contributed by atoms with Gasteiger partial charge in [0.2, 0.25) is 0 Å². The van der Waals surface area contributed by atoms with Crippen molar-refractivity contribution in [2.45, 2.75) is 31.7 Å². The Morgan fingerprint density at radius 2 is 2.27 bits per heavy atom. The molecule has 4 nitrogen and oxygen atoms in total. The topological polar surface area (TPSA) is 56.3 Å². The average molecular weight is 363 g/mol. The number of aromatic amines is 1. The molecule has 2 N–H and O–H groups in total. The summed E-state index contributed by atoms with van der Waals surface area (Å²) >= 11 is 3.54. The number of hydrogen-bond donors (Lipinski definition) is 2. The monoisotopic (exact) mass is 362 g/mol. The van der Waals surface area contributed by atoms with E-state index in [4.69, 9.17) is 0 Å². The van der Waals surface area contributed by atoms with Crippen molar-refractivity contribution in [3.63, 3.8) is 0 Å². The molecule has 1 aromatic carbocycles. The van der Waals surface area contributed by atoms with E-state index in [0.29, 0.717) is 0 Å². The molecule has 0 unspecified atom stereocenters. The van der Waals surface area contributed by atoms with Crippen LogP contribution in [0.3, 0.4) is 0 Å². The molecule has 1 fully saturated rings. The maximum absolute atomic E-state index is 11.8. The van der Waals surface area contributed by atoms with Crippen molar-refractivity contribution >= 4 is 32.8 Å². The zero-order valence-electron chi connectivity index (χ0n) is 12.5. The van der Waals surface area contributed by atoms with E-state index >= 15 is 0 Å². The summed E-state index contributed by atoms with van der Waals surface area (Å²) < 4.78 is 1.06. The Bertz CT molecular complexity index is 769. The molecular weight excluding hydrogens is 344 g/mol. The third-order valence-electron chi connectivity index (χ3n) is 5.56. The lowest BCUT2D eigenvalue weighted by Crippen LogP contribution is -2.58. The van der Waals surface area contributed by atoms with Crippen LogP contribution in [0.25, 0.3) is 10.9 Å². The van der Waals surface area contributed by atoms with E-state index in [9.17, 15) is 9.90 Å². The van der Waals surface area contributed by atoms with Gasteiger partial charge in [-0.25, -0.2) is 0 Å². The molecule has 1 saturated heterocycles. The molecule has 5 heteroatoms. The molecule has 0 spiro atoms. The first kappa shape index (κ1) is 14.3. The van der Waals surface area contributed by atoms with Gasteiger partial charge in [-0.15, -0.1) is 0 Å². The highest BCUT2D eigenvalue weighted by molar-refractivity contribution is 9.10. The normalized spacial score (nSPS) is 28.4. The number of carboxylic acids is 1. The minimum atomic E-state index is -0.681. The van der Waals surface area contributed by atoms with Crippen LogP contribution in [0.1, 0.15) is 31.0 Å². The van der Waals surface area contributed by atoms with E-state index in [1.807, 2.05) is 6.07 Å². The second-order valence-electron chi connectivity index (χ2n) is 6.59. The van der Waals surface area contributed by atoms with E-state index in [-0.39, 0.29) is 5.92 Å². The predicted molar refractivity (Wildman–Crippen MR) is 89.0 cm³/mol. The predicted octanol–water partition coefficient (Wildman–Crippen LogP) is 3.50. The summed E-state index contributed by atoms with van der Waals surface area (Å²) in [4.78, 5) is 17.8. The van der Waals surface area contributed by atoms with Crippen LogP contribution >= 0.6 is 15.9 Å². The number of hydrogen-bond acceptors (Lipinski definition) is 2. The molecule has 0 aliphatic carbocycles. The van der Waals surface area contributed by atoms with Gasteiger partial charge in [0.15, 0.2) is 0 Å². The number of nitrogens with one attached hydrogen (secondary N) is 1. The van der Waals surface area contributed by atoms with Crippen molar-refractivity contribution in [1.82, 2.24) is 9.88 Å². The number of halogens is 1. The van der Waals surface area contributed by atoms with Crippen molar-refractivity contribution in [2.24, 2.45) is 5.92 Å². The van der Waals surface area contributed by atoms with Crippen molar-refractivity contribution in [3.05, 3.63) is 33.9 Å². The van der Waals surface area contributed by atoms with Gasteiger partial charge in [0.1, 0.15) is 0 Å². The largest absolute Gasteiger partial charge is 0.481 e. The molecular formula is C17H19BrN2O2. The van der Waals surface area contributed by atoms with Gasteiger partial charge in [-0.05, 0) is 56.5 Å². The molecule has 3 heterocycles. The highest BCUT2D eigenvalue weighted by Gasteiger charge is 2.51. The molecule has 1 aromatic heterocycles. The lowest BCUT2D eigenvalue weighted by atomic mass is 9.72. The van der Waals surface area contributed by atoms with Crippen molar-refractivity contribution in [1.29, 1.82) is 0 Å². The summed E-state index contributed by atoms with van der Waals surface area (Å²) in [6.45, 7) is 4.03. The van der Waals surface area contributed by atoms with E-state index in [0.717, 1.165) is 48.0 Å². The van der Waals surface area contributed by atoms with Gasteiger partial charge >= 0.3 is 5.97 Å². The van der Waals surface area contributed by atoms with Gasteiger partial charge < -0.3 is 10.1 Å². The minimum Gasteiger partial charge on any atom is -0.481 e. The standard InChI is InChI=1S/C17H19BrN2O2/c1-17-13(16(21)22)3-2-7-20(17)8-6-11-12-9-10(18)4-5-14(12)19-15(11)17/h4-5,9,13,19H,2-3,6-8H2,1H3,(H,21,22)/t13-,17+/m0/s1. The Balaban J connectivity index is 1.96. The smallest absolute Gasteiger partial charge is 0.308 e. The molecule has 116 valence electrons. The zero-order chi connectivity index (χ0) is 15.5. The van der Waals surface area contributed by atoms with Crippen molar-refractivity contribution in [3.8, 4) is 0 Å². The summed E-state index contributed by atoms with van der Waals surface area (Å²) in [5, 5.41) is 11.0. The number of aliphatic carboxylic acids is 1. The minimum absolute atomic E-state index is 0.350. The van der Waals surface area contributed by atoms with Gasteiger partial charge in [-0.1, -0.05) is 15.9 Å². The van der Waals surface area contributed by atoms with Crippen LogP contribution in [0.2, 0.25) is 0 Å². The first-order chi connectivity index (χ1) is 10.5. The number of aromatic nitrogens is 1. The number of rotatable bonds is 1. The van der Waals surface area contributed by atoms with Gasteiger partial charge in [0.05, 0.1) is 11.5 Å². The summed E-state index contributed by atoms with van der Waals surface area (Å²) in [5.41, 5.74) is 3.08. The van der Waals surface area contributed by atoms with Gasteiger partial charge in [-0.3, -0.25) is 9.69 Å². The Morgan fingerprint density at radius 1 is 1.45 bits per heavy atom. The third kappa shape index (κ3) is 1.82. The Labute approximate surface area is 137 Å². The highest BCUT2D eigenvalue weighted by atomic mass is 79.9. The molecule has 2 aromatic rings. The fraction of sp³-hybridized carbons (Fsp3) is 0.471. The second-order valence-corrected chi connectivity index (χ2v) is 7.50. The molecule has 2 atom stereocenters. The number of carbonyl (C=O) groups is 1. The van der Waals surface area contributed by atoms with Gasteiger partial charge in [0, 0.05) is 27.6 Å². The van der Waals surface area contributed by atoms with Crippen LogP contribution in [0.15, 0.2) is 22.7 Å². The second kappa shape index (κ2) is 4.83.